The van der Waals surface area contributed by atoms with E-state index in [0.717, 1.165) is 52.0 Å². The molecule has 2 unspecified atom stereocenters. The number of nitrogens with two attached hydrogens (primary N) is 1. The van der Waals surface area contributed by atoms with Crippen LogP contribution in [-0.4, -0.2) is 68.2 Å². The monoisotopic (exact) mass is 269 g/mol. The standard InChI is InChI=1S/C14H27N3O2/c1-19-11-12-4-7-17(10-12)13(9-15)8-14(18)16-5-2-3-6-16/h12-13H,2-11,15H2,1H3. The van der Waals surface area contributed by atoms with Crippen LogP contribution in [0.4, 0.5) is 0 Å². The van der Waals surface area contributed by atoms with Crippen molar-refractivity contribution in [3.8, 4) is 0 Å². The van der Waals surface area contributed by atoms with E-state index in [1.54, 1.807) is 7.11 Å². The van der Waals surface area contributed by atoms with E-state index in [0.29, 0.717) is 18.9 Å². The summed E-state index contributed by atoms with van der Waals surface area (Å²) in [5.41, 5.74) is 5.88. The molecule has 110 valence electrons. The van der Waals surface area contributed by atoms with Gasteiger partial charge in [0, 0.05) is 45.8 Å². The molecule has 2 N–H and O–H groups in total. The maximum atomic E-state index is 12.2. The fourth-order valence-corrected chi connectivity index (χ4v) is 3.22. The van der Waals surface area contributed by atoms with Gasteiger partial charge in [0.1, 0.15) is 0 Å². The second kappa shape index (κ2) is 7.22. The molecule has 2 aliphatic heterocycles. The maximum absolute atomic E-state index is 12.2. The van der Waals surface area contributed by atoms with E-state index in [2.05, 4.69) is 4.90 Å². The summed E-state index contributed by atoms with van der Waals surface area (Å²) >= 11 is 0. The highest BCUT2D eigenvalue weighted by Crippen LogP contribution is 2.21. The SMILES string of the molecule is COCC1CCN(C(CN)CC(=O)N2CCCC2)C1. The minimum absolute atomic E-state index is 0.204. The quantitative estimate of drug-likeness (QED) is 0.753. The first-order valence-corrected chi connectivity index (χ1v) is 7.45. The van der Waals surface area contributed by atoms with E-state index >= 15 is 0 Å². The number of rotatable bonds is 6. The number of methoxy groups -OCH3 is 1. The summed E-state index contributed by atoms with van der Waals surface area (Å²) in [7, 11) is 1.75. The zero-order chi connectivity index (χ0) is 13.7. The van der Waals surface area contributed by atoms with Crippen LogP contribution in [0.15, 0.2) is 0 Å². The van der Waals surface area contributed by atoms with Gasteiger partial charge in [-0.1, -0.05) is 0 Å². The van der Waals surface area contributed by atoms with Crippen molar-refractivity contribution in [3.05, 3.63) is 0 Å². The fourth-order valence-electron chi connectivity index (χ4n) is 3.22. The van der Waals surface area contributed by atoms with Crippen LogP contribution in [0.3, 0.4) is 0 Å². The maximum Gasteiger partial charge on any atom is 0.224 e. The zero-order valence-electron chi connectivity index (χ0n) is 12.0. The first-order valence-electron chi connectivity index (χ1n) is 7.45. The number of hydrogen-bond donors (Lipinski definition) is 1. The average molecular weight is 269 g/mol. The highest BCUT2D eigenvalue weighted by molar-refractivity contribution is 5.77. The second-order valence-electron chi connectivity index (χ2n) is 5.79. The molecule has 0 aromatic carbocycles. The minimum atomic E-state index is 0.204. The van der Waals surface area contributed by atoms with Crippen LogP contribution in [0, 0.1) is 5.92 Å². The van der Waals surface area contributed by atoms with Crippen LogP contribution in [0.5, 0.6) is 0 Å². The molecule has 0 saturated carbocycles. The summed E-state index contributed by atoms with van der Waals surface area (Å²) in [4.78, 5) is 16.6. The number of ether oxygens (including phenoxy) is 1. The first-order chi connectivity index (χ1) is 9.24. The molecular weight excluding hydrogens is 242 g/mol. The van der Waals surface area contributed by atoms with Gasteiger partial charge >= 0.3 is 0 Å². The Morgan fingerprint density at radius 2 is 2.11 bits per heavy atom. The summed E-state index contributed by atoms with van der Waals surface area (Å²) in [6.45, 7) is 5.31. The molecule has 5 nitrogen and oxygen atoms in total. The third-order valence-electron chi connectivity index (χ3n) is 4.38. The lowest BCUT2D eigenvalue weighted by atomic mass is 10.1. The van der Waals surface area contributed by atoms with Crippen molar-refractivity contribution in [1.29, 1.82) is 0 Å². The molecule has 2 aliphatic rings. The molecule has 0 radical (unpaired) electrons. The van der Waals surface area contributed by atoms with Crippen molar-refractivity contribution in [2.45, 2.75) is 31.7 Å². The molecule has 0 bridgehead atoms. The Labute approximate surface area is 116 Å². The second-order valence-corrected chi connectivity index (χ2v) is 5.79. The molecule has 19 heavy (non-hydrogen) atoms. The first kappa shape index (κ1) is 14.8. The summed E-state index contributed by atoms with van der Waals surface area (Å²) in [6, 6.07) is 0.204. The molecule has 0 spiro atoms. The summed E-state index contributed by atoms with van der Waals surface area (Å²) < 4.78 is 5.22. The van der Waals surface area contributed by atoms with Gasteiger partial charge in [-0.05, 0) is 31.7 Å². The largest absolute Gasteiger partial charge is 0.384 e. The molecule has 2 rings (SSSR count). The van der Waals surface area contributed by atoms with Gasteiger partial charge in [0.15, 0.2) is 0 Å². The third-order valence-corrected chi connectivity index (χ3v) is 4.38. The molecule has 0 aromatic rings. The lowest BCUT2D eigenvalue weighted by Crippen LogP contribution is -2.43. The number of nitrogens with zero attached hydrogens (tertiary/aromatic N) is 2. The van der Waals surface area contributed by atoms with E-state index in [9.17, 15) is 4.79 Å². The van der Waals surface area contributed by atoms with E-state index in [1.165, 1.54) is 0 Å². The Kier molecular flexibility index (Phi) is 5.60. The van der Waals surface area contributed by atoms with Crippen molar-refractivity contribution in [2.24, 2.45) is 11.7 Å². The van der Waals surface area contributed by atoms with Crippen molar-refractivity contribution in [1.82, 2.24) is 9.80 Å². The predicted octanol–water partition coefficient (Wildman–Crippen LogP) is 0.295. The summed E-state index contributed by atoms with van der Waals surface area (Å²) in [6.07, 6.45) is 4.04. The van der Waals surface area contributed by atoms with Crippen LogP contribution in [-0.2, 0) is 9.53 Å². The average Bonchev–Trinajstić information content (AvgIpc) is 3.07. The topological polar surface area (TPSA) is 58.8 Å². The Hall–Kier alpha value is -0.650. The number of amides is 1. The Morgan fingerprint density at radius 1 is 1.37 bits per heavy atom. The van der Waals surface area contributed by atoms with Crippen LogP contribution in [0.2, 0.25) is 0 Å². The molecular formula is C14H27N3O2. The number of carbonyl (C=O) groups is 1. The molecule has 2 fully saturated rings. The molecule has 0 aromatic heterocycles. The summed E-state index contributed by atoms with van der Waals surface area (Å²) in [5.74, 6) is 0.879. The van der Waals surface area contributed by atoms with E-state index in [4.69, 9.17) is 10.5 Å². The van der Waals surface area contributed by atoms with Crippen LogP contribution in [0.25, 0.3) is 0 Å². The van der Waals surface area contributed by atoms with Crippen LogP contribution < -0.4 is 5.73 Å². The lowest BCUT2D eigenvalue weighted by molar-refractivity contribution is -0.131. The summed E-state index contributed by atoms with van der Waals surface area (Å²) in [5, 5.41) is 0. The Bertz CT molecular complexity index is 292. The van der Waals surface area contributed by atoms with Crippen molar-refractivity contribution in [2.75, 3.05) is 46.4 Å². The van der Waals surface area contributed by atoms with Crippen LogP contribution >= 0.6 is 0 Å². The minimum Gasteiger partial charge on any atom is -0.384 e. The smallest absolute Gasteiger partial charge is 0.224 e. The zero-order valence-corrected chi connectivity index (χ0v) is 12.0. The van der Waals surface area contributed by atoms with Gasteiger partial charge in [-0.3, -0.25) is 9.69 Å². The normalized spacial score (nSPS) is 26.0. The third kappa shape index (κ3) is 3.91. The van der Waals surface area contributed by atoms with E-state index in [1.807, 2.05) is 4.90 Å². The molecule has 2 saturated heterocycles. The molecule has 0 aliphatic carbocycles. The fraction of sp³-hybridized carbons (Fsp3) is 0.929. The number of carbonyl (C=O) groups excluding carboxylic acids is 1. The highest BCUT2D eigenvalue weighted by Gasteiger charge is 2.30. The van der Waals surface area contributed by atoms with Gasteiger partial charge in [-0.25, -0.2) is 0 Å². The van der Waals surface area contributed by atoms with Crippen molar-refractivity contribution < 1.29 is 9.53 Å². The van der Waals surface area contributed by atoms with Crippen molar-refractivity contribution in [3.63, 3.8) is 0 Å². The molecule has 5 heteroatoms. The number of likely N-dealkylation sites (tertiary alicyclic amines) is 2. The molecule has 2 heterocycles. The van der Waals surface area contributed by atoms with Gasteiger partial charge in [0.2, 0.25) is 5.91 Å². The van der Waals surface area contributed by atoms with Crippen molar-refractivity contribution >= 4 is 5.91 Å². The number of hydrogen-bond acceptors (Lipinski definition) is 4. The highest BCUT2D eigenvalue weighted by atomic mass is 16.5. The van der Waals surface area contributed by atoms with Crippen LogP contribution in [0.1, 0.15) is 25.7 Å². The Balaban J connectivity index is 1.81. The van der Waals surface area contributed by atoms with Gasteiger partial charge in [0.25, 0.3) is 0 Å². The molecule has 2 atom stereocenters. The molecule has 1 amide bonds. The van der Waals surface area contributed by atoms with Gasteiger partial charge in [-0.15, -0.1) is 0 Å². The Morgan fingerprint density at radius 3 is 2.74 bits per heavy atom. The lowest BCUT2D eigenvalue weighted by Gasteiger charge is -2.28. The van der Waals surface area contributed by atoms with E-state index in [-0.39, 0.29) is 11.9 Å². The predicted molar refractivity (Wildman–Crippen MR) is 74.8 cm³/mol. The van der Waals surface area contributed by atoms with Gasteiger partial charge in [0.05, 0.1) is 6.61 Å². The van der Waals surface area contributed by atoms with Gasteiger partial charge < -0.3 is 15.4 Å². The van der Waals surface area contributed by atoms with Gasteiger partial charge in [-0.2, -0.15) is 0 Å². The van der Waals surface area contributed by atoms with E-state index < -0.39 is 0 Å².